The van der Waals surface area contributed by atoms with Crippen molar-refractivity contribution in [2.45, 2.75) is 0 Å². The van der Waals surface area contributed by atoms with Crippen LogP contribution in [0.15, 0.2) is 211 Å². The summed E-state index contributed by atoms with van der Waals surface area (Å²) < 4.78 is 8.83. The van der Waals surface area contributed by atoms with Crippen molar-refractivity contribution < 1.29 is 4.42 Å². The van der Waals surface area contributed by atoms with Gasteiger partial charge in [-0.2, -0.15) is 0 Å². The van der Waals surface area contributed by atoms with E-state index in [1.54, 1.807) is 0 Å². The van der Waals surface area contributed by atoms with Gasteiger partial charge >= 0.3 is 0 Å². The van der Waals surface area contributed by atoms with E-state index >= 15 is 0 Å². The number of anilines is 6. The second-order valence-electron chi connectivity index (χ2n) is 14.1. The summed E-state index contributed by atoms with van der Waals surface area (Å²) in [4.78, 5) is 4.73. The molecule has 11 aromatic rings. The number of benzene rings is 9. The first-order valence-corrected chi connectivity index (χ1v) is 19.7. The summed E-state index contributed by atoms with van der Waals surface area (Å²) in [7, 11) is 0. The fraction of sp³-hybridized carbons (Fsp3) is 0. The number of nitrogens with zero attached hydrogens (tertiary/aromatic N) is 2. The molecule has 0 atom stereocenters. The minimum absolute atomic E-state index is 0.885. The molecule has 2 heterocycles. The molecule has 0 N–H and O–H groups in total. The number of rotatable bonds is 7. The molecule has 0 amide bonds. The molecule has 0 saturated carbocycles. The Labute approximate surface area is 328 Å². The molecule has 9 aromatic carbocycles. The van der Waals surface area contributed by atoms with Crippen LogP contribution in [-0.2, 0) is 0 Å². The van der Waals surface area contributed by atoms with Crippen LogP contribution in [-0.4, -0.2) is 0 Å². The van der Waals surface area contributed by atoms with E-state index in [4.69, 9.17) is 4.42 Å². The van der Waals surface area contributed by atoms with Crippen LogP contribution in [0.5, 0.6) is 0 Å². The van der Waals surface area contributed by atoms with E-state index in [9.17, 15) is 0 Å². The molecule has 0 unspecified atom stereocenters. The van der Waals surface area contributed by atoms with Crippen molar-refractivity contribution >= 4 is 98.3 Å². The number of fused-ring (bicyclic) bond motifs is 8. The van der Waals surface area contributed by atoms with Gasteiger partial charge in [0.2, 0.25) is 0 Å². The summed E-state index contributed by atoms with van der Waals surface area (Å²) in [5.41, 5.74) is 10.8. The topological polar surface area (TPSA) is 19.6 Å². The summed E-state index contributed by atoms with van der Waals surface area (Å²) in [6.07, 6.45) is 0. The summed E-state index contributed by atoms with van der Waals surface area (Å²) in [5, 5.41) is 7.24. The van der Waals surface area contributed by atoms with Crippen LogP contribution in [0.3, 0.4) is 0 Å². The first-order valence-electron chi connectivity index (χ1n) is 18.9. The van der Waals surface area contributed by atoms with Crippen LogP contribution in [0, 0.1) is 0 Å². The monoisotopic (exact) mass is 734 g/mol. The molecular weight excluding hydrogens is 701 g/mol. The van der Waals surface area contributed by atoms with Crippen molar-refractivity contribution in [2.75, 3.05) is 9.80 Å². The third-order valence-electron chi connectivity index (χ3n) is 10.8. The van der Waals surface area contributed by atoms with Gasteiger partial charge in [-0.25, -0.2) is 0 Å². The Morgan fingerprint density at radius 2 is 0.946 bits per heavy atom. The van der Waals surface area contributed by atoms with Crippen LogP contribution >= 0.6 is 11.3 Å². The molecular formula is C52H34N2OS. The molecule has 0 aliphatic heterocycles. The summed E-state index contributed by atoms with van der Waals surface area (Å²) in [6, 6.07) is 73.9. The highest BCUT2D eigenvalue weighted by Gasteiger charge is 2.20. The minimum Gasteiger partial charge on any atom is -0.456 e. The lowest BCUT2D eigenvalue weighted by Crippen LogP contribution is -2.11. The zero-order chi connectivity index (χ0) is 37.0. The van der Waals surface area contributed by atoms with Crippen molar-refractivity contribution in [3.05, 3.63) is 206 Å². The summed E-state index contributed by atoms with van der Waals surface area (Å²) in [6.45, 7) is 0. The van der Waals surface area contributed by atoms with Crippen molar-refractivity contribution in [1.29, 1.82) is 0 Å². The van der Waals surface area contributed by atoms with Gasteiger partial charge in [0.15, 0.2) is 0 Å². The molecule has 0 radical (unpaired) electrons. The van der Waals surface area contributed by atoms with E-state index in [-0.39, 0.29) is 0 Å². The van der Waals surface area contributed by atoms with Gasteiger partial charge in [0.1, 0.15) is 11.2 Å². The second-order valence-corrected chi connectivity index (χ2v) is 15.2. The van der Waals surface area contributed by atoms with E-state index < -0.39 is 0 Å². The standard InChI is InChI=1S/C52H34N2OS/c1-4-14-35(15-5-1)42-20-10-12-22-48(42)54(40-27-31-50-47(33-40)44-21-11-13-23-49(44)55-50)39-25-29-43-36(32-39)24-28-46-45-30-26-41(34-51(45)56-52(43)46)53(37-16-6-2-7-17-37)38-18-8-3-9-19-38/h1-34H. The van der Waals surface area contributed by atoms with Crippen LogP contribution in [0.1, 0.15) is 0 Å². The highest BCUT2D eigenvalue weighted by molar-refractivity contribution is 7.26. The maximum Gasteiger partial charge on any atom is 0.135 e. The van der Waals surface area contributed by atoms with Gasteiger partial charge in [-0.15, -0.1) is 11.3 Å². The largest absolute Gasteiger partial charge is 0.456 e. The van der Waals surface area contributed by atoms with Crippen molar-refractivity contribution in [1.82, 2.24) is 0 Å². The van der Waals surface area contributed by atoms with E-state index in [1.807, 2.05) is 23.5 Å². The molecule has 4 heteroatoms. The second kappa shape index (κ2) is 13.3. The number of thiophene rings is 1. The molecule has 3 nitrogen and oxygen atoms in total. The van der Waals surface area contributed by atoms with Crippen molar-refractivity contribution in [3.8, 4) is 11.1 Å². The number of para-hydroxylation sites is 4. The molecule has 56 heavy (non-hydrogen) atoms. The zero-order valence-electron chi connectivity index (χ0n) is 30.3. The van der Waals surface area contributed by atoms with Crippen LogP contribution in [0.25, 0.3) is 64.0 Å². The lowest BCUT2D eigenvalue weighted by Gasteiger charge is -2.28. The van der Waals surface area contributed by atoms with Gasteiger partial charge in [0.05, 0.1) is 5.69 Å². The third kappa shape index (κ3) is 5.42. The fourth-order valence-electron chi connectivity index (χ4n) is 8.23. The predicted octanol–water partition coefficient (Wildman–Crippen LogP) is 15.7. The highest BCUT2D eigenvalue weighted by Crippen LogP contribution is 2.46. The third-order valence-corrected chi connectivity index (χ3v) is 12.0. The van der Waals surface area contributed by atoms with E-state index in [1.165, 1.54) is 42.1 Å². The normalized spacial score (nSPS) is 11.6. The number of furan rings is 1. The number of hydrogen-bond donors (Lipinski definition) is 0. The maximum atomic E-state index is 6.26. The van der Waals surface area contributed by atoms with Crippen molar-refractivity contribution in [2.24, 2.45) is 0 Å². The Morgan fingerprint density at radius 1 is 0.357 bits per heavy atom. The lowest BCUT2D eigenvalue weighted by molar-refractivity contribution is 0.669. The average molecular weight is 735 g/mol. The van der Waals surface area contributed by atoms with Gasteiger partial charge < -0.3 is 14.2 Å². The Hall–Kier alpha value is -7.14. The van der Waals surface area contributed by atoms with Gasteiger partial charge in [0, 0.05) is 64.9 Å². The Balaban J connectivity index is 1.07. The number of hydrogen-bond acceptors (Lipinski definition) is 4. The van der Waals surface area contributed by atoms with Crippen LogP contribution in [0.4, 0.5) is 34.1 Å². The molecule has 0 bridgehead atoms. The molecule has 11 rings (SSSR count). The Bertz CT molecular complexity index is 3170. The van der Waals surface area contributed by atoms with Crippen LogP contribution in [0.2, 0.25) is 0 Å². The average Bonchev–Trinajstić information content (AvgIpc) is 3.83. The van der Waals surface area contributed by atoms with Crippen LogP contribution < -0.4 is 9.80 Å². The SMILES string of the molecule is c1ccc(-c2ccccc2N(c2ccc3c(ccc4c5ccc(N(c6ccccc6)c6ccccc6)cc5sc34)c2)c2ccc3oc4ccccc4c3c2)cc1. The molecule has 0 fully saturated rings. The minimum atomic E-state index is 0.885. The van der Waals surface area contributed by atoms with E-state index in [0.29, 0.717) is 0 Å². The zero-order valence-corrected chi connectivity index (χ0v) is 31.2. The highest BCUT2D eigenvalue weighted by atomic mass is 32.1. The van der Waals surface area contributed by atoms with Gasteiger partial charge in [-0.1, -0.05) is 127 Å². The lowest BCUT2D eigenvalue weighted by atomic mass is 10.0. The Morgan fingerprint density at radius 3 is 1.73 bits per heavy atom. The van der Waals surface area contributed by atoms with Gasteiger partial charge in [0.25, 0.3) is 0 Å². The van der Waals surface area contributed by atoms with Gasteiger partial charge in [-0.3, -0.25) is 0 Å². The van der Waals surface area contributed by atoms with E-state index in [0.717, 1.165) is 56.1 Å². The predicted molar refractivity (Wildman–Crippen MR) is 239 cm³/mol. The fourth-order valence-corrected chi connectivity index (χ4v) is 9.50. The molecule has 0 saturated heterocycles. The molecule has 264 valence electrons. The first kappa shape index (κ1) is 32.3. The quantitative estimate of drug-likeness (QED) is 0.163. The molecule has 0 aliphatic carbocycles. The molecule has 0 spiro atoms. The van der Waals surface area contributed by atoms with E-state index in [2.05, 4.69) is 204 Å². The maximum absolute atomic E-state index is 6.26. The Kier molecular flexibility index (Phi) is 7.68. The molecule has 2 aromatic heterocycles. The first-order chi connectivity index (χ1) is 27.8. The molecule has 0 aliphatic rings. The summed E-state index contributed by atoms with van der Waals surface area (Å²) >= 11 is 1.87. The smallest absolute Gasteiger partial charge is 0.135 e. The van der Waals surface area contributed by atoms with Crippen molar-refractivity contribution in [3.63, 3.8) is 0 Å². The summed E-state index contributed by atoms with van der Waals surface area (Å²) in [5.74, 6) is 0. The van der Waals surface area contributed by atoms with Gasteiger partial charge in [-0.05, 0) is 95.2 Å².